The molecule has 1 amide bonds. The second-order valence-electron chi connectivity index (χ2n) is 10.3. The van der Waals surface area contributed by atoms with Gasteiger partial charge >= 0.3 is 0 Å². The molecular weight excluding hydrogens is 567 g/mol. The van der Waals surface area contributed by atoms with Crippen molar-refractivity contribution in [3.05, 3.63) is 52.3 Å². The molecule has 10 nitrogen and oxygen atoms in total. The van der Waals surface area contributed by atoms with Gasteiger partial charge in [0, 0.05) is 76.3 Å². The van der Waals surface area contributed by atoms with Crippen molar-refractivity contribution in [2.45, 2.75) is 32.0 Å². The molecule has 1 saturated heterocycles. The molecule has 12 heteroatoms. The smallest absolute Gasteiger partial charge is 0.246 e. The van der Waals surface area contributed by atoms with E-state index >= 15 is 0 Å². The van der Waals surface area contributed by atoms with Crippen LogP contribution in [-0.4, -0.2) is 106 Å². The van der Waals surface area contributed by atoms with E-state index in [0.717, 1.165) is 43.7 Å². The van der Waals surface area contributed by atoms with Gasteiger partial charge in [-0.2, -0.15) is 0 Å². The second-order valence-corrected chi connectivity index (χ2v) is 11.0. The molecule has 1 unspecified atom stereocenters. The van der Waals surface area contributed by atoms with E-state index in [4.69, 9.17) is 42.4 Å². The number of benzene rings is 1. The molecule has 1 fully saturated rings. The Kier molecular flexibility index (Phi) is 10.8. The molecule has 0 aromatic heterocycles. The number of piperazine rings is 1. The number of methoxy groups -OCH3 is 3. The average Bonchev–Trinajstić information content (AvgIpc) is 2.97. The van der Waals surface area contributed by atoms with Gasteiger partial charge in [0.05, 0.1) is 30.9 Å². The van der Waals surface area contributed by atoms with E-state index in [-0.39, 0.29) is 18.1 Å². The Morgan fingerprint density at radius 2 is 1.85 bits per heavy atom. The molecule has 2 N–H and O–H groups in total. The van der Waals surface area contributed by atoms with Gasteiger partial charge < -0.3 is 34.6 Å². The Labute approximate surface area is 252 Å². The Balaban J connectivity index is 1.57. The van der Waals surface area contributed by atoms with Crippen molar-refractivity contribution in [3.63, 3.8) is 0 Å². The number of halogens is 2. The number of nitrogens with zero attached hydrogens (tertiary/aromatic N) is 4. The van der Waals surface area contributed by atoms with Gasteiger partial charge in [0.15, 0.2) is 5.96 Å². The lowest BCUT2D eigenvalue weighted by molar-refractivity contribution is -0.127. The summed E-state index contributed by atoms with van der Waals surface area (Å²) in [7, 11) is 4.83. The van der Waals surface area contributed by atoms with E-state index in [1.807, 2.05) is 18.0 Å². The standard InChI is InChI=1S/C29H40Cl2N6O4/c1-6-24(38)36-12-10-35(11-13-36)8-7-9-37-17-21(25-26(30)22(40-4)15-23(41-5)27(25)31)14-20-16-32-29(34-28(20)37)33-19(2)18-39-3/h6,15-17,19,28H,1,7-14,18H2,2-5H3,(H2,32,33,34)/t19?,28-/m0/s1. The molecule has 0 bridgehead atoms. The van der Waals surface area contributed by atoms with Gasteiger partial charge in [0.2, 0.25) is 5.91 Å². The Morgan fingerprint density at radius 3 is 2.46 bits per heavy atom. The average molecular weight is 608 g/mol. The van der Waals surface area contributed by atoms with Gasteiger partial charge in [0.1, 0.15) is 17.7 Å². The van der Waals surface area contributed by atoms with Crippen LogP contribution in [0.4, 0.5) is 0 Å². The predicted molar refractivity (Wildman–Crippen MR) is 164 cm³/mol. The van der Waals surface area contributed by atoms with Gasteiger partial charge in [-0.1, -0.05) is 29.8 Å². The van der Waals surface area contributed by atoms with Crippen LogP contribution in [0.2, 0.25) is 10.0 Å². The molecule has 224 valence electrons. The highest BCUT2D eigenvalue weighted by Crippen LogP contribution is 2.47. The zero-order valence-corrected chi connectivity index (χ0v) is 25.7. The summed E-state index contributed by atoms with van der Waals surface area (Å²) in [4.78, 5) is 23.4. The number of ether oxygens (including phenoxy) is 3. The van der Waals surface area contributed by atoms with E-state index in [0.29, 0.717) is 59.2 Å². The first-order chi connectivity index (χ1) is 19.8. The molecule has 1 aromatic carbocycles. The molecule has 0 saturated carbocycles. The number of nitrogens with one attached hydrogen (secondary N) is 2. The van der Waals surface area contributed by atoms with Gasteiger partial charge in [-0.25, -0.2) is 4.99 Å². The van der Waals surface area contributed by atoms with Crippen molar-refractivity contribution >= 4 is 40.6 Å². The monoisotopic (exact) mass is 606 g/mol. The number of aliphatic imine (C=N–C) groups is 1. The lowest BCUT2D eigenvalue weighted by Crippen LogP contribution is -2.49. The minimum absolute atomic E-state index is 0.00514. The van der Waals surface area contributed by atoms with Crippen LogP contribution in [0.3, 0.4) is 0 Å². The third-order valence-electron chi connectivity index (χ3n) is 7.45. The van der Waals surface area contributed by atoms with Gasteiger partial charge in [-0.3, -0.25) is 9.69 Å². The van der Waals surface area contributed by atoms with Crippen molar-refractivity contribution in [2.24, 2.45) is 4.99 Å². The minimum atomic E-state index is -0.177. The number of carbonyl (C=O) groups excluding carboxylic acids is 1. The van der Waals surface area contributed by atoms with Crippen molar-refractivity contribution in [1.82, 2.24) is 25.3 Å². The molecule has 3 heterocycles. The lowest BCUT2D eigenvalue weighted by atomic mass is 9.93. The highest BCUT2D eigenvalue weighted by atomic mass is 35.5. The van der Waals surface area contributed by atoms with E-state index < -0.39 is 0 Å². The molecule has 0 aliphatic carbocycles. The van der Waals surface area contributed by atoms with Crippen molar-refractivity contribution < 1.29 is 19.0 Å². The third-order valence-corrected chi connectivity index (χ3v) is 8.20. The molecule has 3 aliphatic rings. The van der Waals surface area contributed by atoms with Gasteiger partial charge in [-0.15, -0.1) is 0 Å². The van der Waals surface area contributed by atoms with Crippen LogP contribution in [0.5, 0.6) is 11.5 Å². The molecular formula is C29H40Cl2N6O4. The van der Waals surface area contributed by atoms with Gasteiger partial charge in [-0.05, 0) is 37.1 Å². The van der Waals surface area contributed by atoms with Crippen LogP contribution in [0, 0.1) is 0 Å². The zero-order chi connectivity index (χ0) is 29.5. The first-order valence-electron chi connectivity index (χ1n) is 13.8. The molecule has 1 aromatic rings. The summed E-state index contributed by atoms with van der Waals surface area (Å²) in [6.07, 6.45) is 6.85. The summed E-state index contributed by atoms with van der Waals surface area (Å²) < 4.78 is 16.3. The second kappa shape index (κ2) is 14.3. The van der Waals surface area contributed by atoms with Crippen LogP contribution < -0.4 is 20.1 Å². The predicted octanol–water partition coefficient (Wildman–Crippen LogP) is 3.57. The fourth-order valence-electron chi connectivity index (χ4n) is 5.35. The molecule has 41 heavy (non-hydrogen) atoms. The van der Waals surface area contributed by atoms with Crippen LogP contribution >= 0.6 is 23.2 Å². The summed E-state index contributed by atoms with van der Waals surface area (Å²) >= 11 is 13.6. The molecule has 2 atom stereocenters. The number of carbonyl (C=O) groups is 1. The topological polar surface area (TPSA) is 90.9 Å². The normalized spacial score (nSPS) is 19.8. The number of guanidine groups is 1. The number of fused-ring (bicyclic) bond motifs is 1. The summed E-state index contributed by atoms with van der Waals surface area (Å²) in [6, 6.07) is 1.79. The summed E-state index contributed by atoms with van der Waals surface area (Å²) in [5, 5.41) is 7.58. The highest BCUT2D eigenvalue weighted by molar-refractivity contribution is 6.39. The number of hydrogen-bond donors (Lipinski definition) is 2. The Bertz CT molecular complexity index is 1180. The summed E-state index contributed by atoms with van der Waals surface area (Å²) in [5.41, 5.74) is 2.74. The van der Waals surface area contributed by atoms with E-state index in [1.165, 1.54) is 6.08 Å². The highest BCUT2D eigenvalue weighted by Gasteiger charge is 2.32. The van der Waals surface area contributed by atoms with Crippen LogP contribution in [0.1, 0.15) is 25.3 Å². The minimum Gasteiger partial charge on any atom is -0.495 e. The van der Waals surface area contributed by atoms with Crippen molar-refractivity contribution in [1.29, 1.82) is 0 Å². The fraction of sp³-hybridized carbons (Fsp3) is 0.517. The number of allylic oxidation sites excluding steroid dienone is 1. The van der Waals surface area contributed by atoms with E-state index in [1.54, 1.807) is 27.4 Å². The number of hydrogen-bond acceptors (Lipinski definition) is 9. The van der Waals surface area contributed by atoms with Crippen LogP contribution in [0.15, 0.2) is 41.7 Å². The van der Waals surface area contributed by atoms with E-state index in [9.17, 15) is 4.79 Å². The maximum Gasteiger partial charge on any atom is 0.246 e. The van der Waals surface area contributed by atoms with Gasteiger partial charge in [0.25, 0.3) is 0 Å². The fourth-order valence-corrected chi connectivity index (χ4v) is 6.10. The lowest BCUT2D eigenvalue weighted by Gasteiger charge is -2.39. The first-order valence-corrected chi connectivity index (χ1v) is 14.5. The van der Waals surface area contributed by atoms with Crippen LogP contribution in [0.25, 0.3) is 5.57 Å². The first kappa shape index (κ1) is 31.0. The molecule has 4 rings (SSSR count). The van der Waals surface area contributed by atoms with Crippen LogP contribution in [-0.2, 0) is 9.53 Å². The third kappa shape index (κ3) is 7.30. The summed E-state index contributed by atoms with van der Waals surface area (Å²) in [6.45, 7) is 11.0. The number of rotatable bonds is 11. The SMILES string of the molecule is C=CC(=O)N1CCN(CCCN2C=C(c3c(Cl)c(OC)cc(OC)c3Cl)CC3=CNC(NC(C)COC)=N[C@H]32)CC1. The Hall–Kier alpha value is -2.92. The van der Waals surface area contributed by atoms with Crippen molar-refractivity contribution in [2.75, 3.05) is 67.2 Å². The zero-order valence-electron chi connectivity index (χ0n) is 24.2. The van der Waals surface area contributed by atoms with Crippen molar-refractivity contribution in [3.8, 4) is 11.5 Å². The maximum atomic E-state index is 11.9. The quantitative estimate of drug-likeness (QED) is 0.370. The Morgan fingerprint density at radius 1 is 1.17 bits per heavy atom. The number of amides is 1. The maximum absolute atomic E-state index is 11.9. The summed E-state index contributed by atoms with van der Waals surface area (Å²) in [5.74, 6) is 1.69. The molecule has 0 radical (unpaired) electrons. The van der Waals surface area contributed by atoms with E-state index in [2.05, 4.69) is 33.2 Å². The largest absolute Gasteiger partial charge is 0.495 e. The molecule has 0 spiro atoms. The molecule has 3 aliphatic heterocycles.